The highest BCUT2D eigenvalue weighted by Gasteiger charge is 2.27. The van der Waals surface area contributed by atoms with E-state index in [-0.39, 0.29) is 23.2 Å². The maximum Gasteiger partial charge on any atom is 0.262 e. The van der Waals surface area contributed by atoms with Crippen LogP contribution in [0.4, 0.5) is 0 Å². The lowest BCUT2D eigenvalue weighted by atomic mass is 10.2. The number of nitrogens with zero attached hydrogens (tertiary/aromatic N) is 3. The maximum absolute atomic E-state index is 13.0. The Labute approximate surface area is 168 Å². The number of hydrogen-bond donors (Lipinski definition) is 1. The largest absolute Gasteiger partial charge is 0.435 e. The fourth-order valence-electron chi connectivity index (χ4n) is 2.71. The molecule has 2 heterocycles. The van der Waals surface area contributed by atoms with Crippen LogP contribution in [-0.2, 0) is 16.6 Å². The number of hydrogen-bond acceptors (Lipinski definition) is 6. The highest BCUT2D eigenvalue weighted by atomic mass is 32.2. The molecule has 0 aliphatic rings. The fraction of sp³-hybridized carbons (Fsp3) is 0.0952. The first-order valence-corrected chi connectivity index (χ1v) is 10.4. The van der Waals surface area contributed by atoms with Gasteiger partial charge in [-0.15, -0.1) is 0 Å². The molecule has 0 unspecified atom stereocenters. The minimum atomic E-state index is -3.96. The van der Waals surface area contributed by atoms with Gasteiger partial charge in [-0.3, -0.25) is 9.97 Å². The van der Waals surface area contributed by atoms with Crippen LogP contribution in [0.2, 0.25) is 0 Å². The van der Waals surface area contributed by atoms with Gasteiger partial charge in [0.15, 0.2) is 5.76 Å². The lowest BCUT2D eigenvalue weighted by molar-refractivity contribution is 0.570. The molecule has 0 bridgehead atoms. The molecule has 2 aromatic heterocycles. The number of sulfonamides is 1. The van der Waals surface area contributed by atoms with Crippen molar-refractivity contribution in [3.05, 3.63) is 84.4 Å². The van der Waals surface area contributed by atoms with E-state index in [0.717, 1.165) is 5.69 Å². The van der Waals surface area contributed by atoms with E-state index in [2.05, 4.69) is 19.7 Å². The normalized spacial score (nSPS) is 11.5. The second-order valence-electron chi connectivity index (χ2n) is 6.36. The molecule has 4 rings (SSSR count). The first-order chi connectivity index (χ1) is 14.0. The van der Waals surface area contributed by atoms with Crippen LogP contribution in [0.1, 0.15) is 11.4 Å². The van der Waals surface area contributed by atoms with E-state index < -0.39 is 10.0 Å². The van der Waals surface area contributed by atoms with Crippen molar-refractivity contribution in [1.82, 2.24) is 19.7 Å². The molecule has 0 amide bonds. The third kappa shape index (κ3) is 4.23. The highest BCUT2D eigenvalue weighted by molar-refractivity contribution is 7.89. The summed E-state index contributed by atoms with van der Waals surface area (Å²) in [6.45, 7) is 1.81. The molecular formula is C21H18N4O3S. The van der Waals surface area contributed by atoms with Crippen LogP contribution in [0.15, 0.2) is 82.5 Å². The van der Waals surface area contributed by atoms with Gasteiger partial charge in [-0.1, -0.05) is 48.5 Å². The van der Waals surface area contributed by atoms with Crippen LogP contribution in [0, 0.1) is 6.92 Å². The summed E-state index contributed by atoms with van der Waals surface area (Å²) < 4.78 is 34.5. The van der Waals surface area contributed by atoms with Crippen LogP contribution in [0.25, 0.3) is 22.8 Å². The Morgan fingerprint density at radius 1 is 0.897 bits per heavy atom. The zero-order chi connectivity index (χ0) is 20.3. The Balaban J connectivity index is 1.72. The molecule has 0 aliphatic carbocycles. The fourth-order valence-corrected chi connectivity index (χ4v) is 3.79. The Kier molecular flexibility index (Phi) is 5.20. The Bertz CT molecular complexity index is 1210. The molecule has 0 radical (unpaired) electrons. The molecule has 0 saturated carbocycles. The molecule has 2 aromatic carbocycles. The first-order valence-electron chi connectivity index (χ1n) is 8.92. The third-order valence-corrected chi connectivity index (χ3v) is 5.50. The van der Waals surface area contributed by atoms with E-state index in [0.29, 0.717) is 16.8 Å². The van der Waals surface area contributed by atoms with Crippen LogP contribution in [-0.4, -0.2) is 23.4 Å². The van der Waals surface area contributed by atoms with Gasteiger partial charge in [0.1, 0.15) is 0 Å². The minimum absolute atomic E-state index is 0.00261. The van der Waals surface area contributed by atoms with Crippen LogP contribution in [0.3, 0.4) is 0 Å². The third-order valence-electron chi connectivity index (χ3n) is 4.19. The van der Waals surface area contributed by atoms with Gasteiger partial charge in [0, 0.05) is 17.3 Å². The van der Waals surface area contributed by atoms with Crippen molar-refractivity contribution >= 4 is 10.0 Å². The van der Waals surface area contributed by atoms with Crippen LogP contribution in [0.5, 0.6) is 0 Å². The molecule has 0 saturated heterocycles. The predicted molar refractivity (Wildman–Crippen MR) is 108 cm³/mol. The summed E-state index contributed by atoms with van der Waals surface area (Å²) in [6.07, 6.45) is 3.12. The number of aromatic nitrogens is 3. The second kappa shape index (κ2) is 7.94. The van der Waals surface area contributed by atoms with Gasteiger partial charge < -0.3 is 4.42 Å². The van der Waals surface area contributed by atoms with Gasteiger partial charge in [0.25, 0.3) is 10.0 Å². The molecule has 0 spiro atoms. The van der Waals surface area contributed by atoms with Crippen molar-refractivity contribution in [3.63, 3.8) is 0 Å². The Hall–Kier alpha value is -3.36. The summed E-state index contributed by atoms with van der Waals surface area (Å²) in [4.78, 5) is 12.6. The zero-order valence-electron chi connectivity index (χ0n) is 15.6. The van der Waals surface area contributed by atoms with E-state index in [1.807, 2.05) is 55.5 Å². The van der Waals surface area contributed by atoms with Gasteiger partial charge in [-0.2, -0.15) is 4.98 Å². The second-order valence-corrected chi connectivity index (χ2v) is 8.04. The lowest BCUT2D eigenvalue weighted by Gasteiger charge is -2.05. The van der Waals surface area contributed by atoms with E-state index in [9.17, 15) is 8.42 Å². The van der Waals surface area contributed by atoms with E-state index >= 15 is 0 Å². The van der Waals surface area contributed by atoms with Gasteiger partial charge in [-0.05, 0) is 19.1 Å². The topological polar surface area (TPSA) is 98.0 Å². The van der Waals surface area contributed by atoms with Crippen LogP contribution >= 0.6 is 0 Å². The van der Waals surface area contributed by atoms with Crippen molar-refractivity contribution < 1.29 is 12.8 Å². The van der Waals surface area contributed by atoms with Crippen molar-refractivity contribution in [3.8, 4) is 22.8 Å². The summed E-state index contributed by atoms with van der Waals surface area (Å²) in [5, 5.41) is -0.164. The monoisotopic (exact) mass is 406 g/mol. The smallest absolute Gasteiger partial charge is 0.262 e. The average molecular weight is 406 g/mol. The molecule has 146 valence electrons. The molecule has 4 aromatic rings. The average Bonchev–Trinajstić information content (AvgIpc) is 3.21. The summed E-state index contributed by atoms with van der Waals surface area (Å²) >= 11 is 0. The lowest BCUT2D eigenvalue weighted by Crippen LogP contribution is -2.24. The molecule has 1 N–H and O–H groups in total. The standard InChI is InChI=1S/C21H18N4O3S/c1-15-12-23-18(13-22-15)14-24-29(26,27)21-19(16-8-4-2-5-9-16)28-20(25-21)17-10-6-3-7-11-17/h2-13,24H,14H2,1H3. The minimum Gasteiger partial charge on any atom is -0.435 e. The summed E-state index contributed by atoms with van der Waals surface area (Å²) in [5.41, 5.74) is 2.58. The first kappa shape index (κ1) is 19.0. The SMILES string of the molecule is Cc1cnc(CNS(=O)(=O)c2nc(-c3ccccc3)oc2-c2ccccc2)cn1. The van der Waals surface area contributed by atoms with Crippen molar-refractivity contribution in [2.75, 3.05) is 0 Å². The summed E-state index contributed by atoms with van der Waals surface area (Å²) in [5.74, 6) is 0.423. The van der Waals surface area contributed by atoms with Gasteiger partial charge in [0.05, 0.1) is 24.1 Å². The van der Waals surface area contributed by atoms with Crippen molar-refractivity contribution in [2.24, 2.45) is 0 Å². The van der Waals surface area contributed by atoms with Gasteiger partial charge >= 0.3 is 0 Å². The van der Waals surface area contributed by atoms with E-state index in [1.54, 1.807) is 18.3 Å². The van der Waals surface area contributed by atoms with E-state index in [4.69, 9.17) is 4.42 Å². The van der Waals surface area contributed by atoms with Gasteiger partial charge in [-0.25, -0.2) is 13.1 Å². The molecule has 29 heavy (non-hydrogen) atoms. The molecule has 0 aliphatic heterocycles. The number of benzene rings is 2. The Morgan fingerprint density at radius 3 is 2.17 bits per heavy atom. The molecule has 8 heteroatoms. The molecule has 7 nitrogen and oxygen atoms in total. The van der Waals surface area contributed by atoms with Crippen molar-refractivity contribution in [1.29, 1.82) is 0 Å². The molecule has 0 atom stereocenters. The quantitative estimate of drug-likeness (QED) is 0.525. The molecule has 0 fully saturated rings. The highest BCUT2D eigenvalue weighted by Crippen LogP contribution is 2.32. The Morgan fingerprint density at radius 2 is 1.55 bits per heavy atom. The maximum atomic E-state index is 13.0. The predicted octanol–water partition coefficient (Wildman–Crippen LogP) is 3.59. The van der Waals surface area contributed by atoms with E-state index in [1.165, 1.54) is 6.20 Å². The number of aryl methyl sites for hydroxylation is 1. The number of oxazole rings is 1. The number of nitrogens with one attached hydrogen (secondary N) is 1. The van der Waals surface area contributed by atoms with Gasteiger partial charge in [0.2, 0.25) is 10.9 Å². The number of rotatable bonds is 6. The summed E-state index contributed by atoms with van der Waals surface area (Å²) in [7, 11) is -3.96. The summed E-state index contributed by atoms with van der Waals surface area (Å²) in [6, 6.07) is 18.2. The van der Waals surface area contributed by atoms with Crippen LogP contribution < -0.4 is 4.72 Å². The van der Waals surface area contributed by atoms with Crippen molar-refractivity contribution in [2.45, 2.75) is 18.5 Å². The molecular weight excluding hydrogens is 388 g/mol. The zero-order valence-corrected chi connectivity index (χ0v) is 16.4.